The maximum absolute atomic E-state index is 11.7. The zero-order valence-electron chi connectivity index (χ0n) is 11.1. The molecule has 1 rings (SSSR count). The Morgan fingerprint density at radius 1 is 1.35 bits per heavy atom. The molecule has 1 amide bonds. The molecule has 1 aromatic rings. The van der Waals surface area contributed by atoms with Crippen molar-refractivity contribution in [1.82, 2.24) is 0 Å². The van der Waals surface area contributed by atoms with Crippen LogP contribution in [0, 0.1) is 0 Å². The van der Waals surface area contributed by atoms with Crippen LogP contribution in [-0.2, 0) is 20.4 Å². The van der Waals surface area contributed by atoms with E-state index in [1.54, 1.807) is 24.3 Å². The second-order valence-electron chi connectivity index (χ2n) is 4.03. The van der Waals surface area contributed by atoms with Crippen molar-refractivity contribution in [2.45, 2.75) is 12.8 Å². The van der Waals surface area contributed by atoms with Gasteiger partial charge in [0.25, 0.3) is 0 Å². The van der Waals surface area contributed by atoms with Crippen LogP contribution < -0.4 is 10.1 Å². The Morgan fingerprint density at radius 2 is 2.05 bits per heavy atom. The molecule has 1 atom stereocenters. The van der Waals surface area contributed by atoms with E-state index in [1.807, 2.05) is 0 Å². The summed E-state index contributed by atoms with van der Waals surface area (Å²) in [5, 5.41) is 11.1. The number of amides is 1. The van der Waals surface area contributed by atoms with Gasteiger partial charge in [-0.15, -0.1) is 0 Å². The highest BCUT2D eigenvalue weighted by Gasteiger charge is 2.11. The maximum atomic E-state index is 11.7. The molecule has 1 unspecified atom stereocenters. The lowest BCUT2D eigenvalue weighted by molar-refractivity contribution is -0.137. The van der Waals surface area contributed by atoms with Crippen LogP contribution in [0.25, 0.3) is 0 Å². The lowest BCUT2D eigenvalue weighted by atomic mass is 10.3. The summed E-state index contributed by atoms with van der Waals surface area (Å²) in [5.41, 5.74) is 0.516. The minimum absolute atomic E-state index is 0.0418. The summed E-state index contributed by atoms with van der Waals surface area (Å²) in [6, 6.07) is 6.92. The Hall–Kier alpha value is -1.89. The summed E-state index contributed by atoms with van der Waals surface area (Å²) >= 11 is 0. The number of anilines is 1. The Morgan fingerprint density at radius 3 is 2.70 bits per heavy atom. The maximum Gasteiger partial charge on any atom is 0.303 e. The largest absolute Gasteiger partial charge is 0.495 e. The normalized spacial score (nSPS) is 11.7. The van der Waals surface area contributed by atoms with E-state index in [2.05, 4.69) is 5.32 Å². The number of carbonyl (C=O) groups excluding carboxylic acids is 1. The summed E-state index contributed by atoms with van der Waals surface area (Å²) in [6.07, 6.45) is 0.254. The van der Waals surface area contributed by atoms with E-state index in [0.29, 0.717) is 17.9 Å². The van der Waals surface area contributed by atoms with Crippen LogP contribution in [0.4, 0.5) is 5.69 Å². The van der Waals surface area contributed by atoms with Crippen LogP contribution in [0.15, 0.2) is 24.3 Å². The first-order chi connectivity index (χ1) is 9.52. The van der Waals surface area contributed by atoms with Crippen molar-refractivity contribution in [3.8, 4) is 5.75 Å². The van der Waals surface area contributed by atoms with Crippen molar-refractivity contribution in [2.75, 3.05) is 23.9 Å². The first kappa shape index (κ1) is 16.2. The first-order valence-corrected chi connectivity index (χ1v) is 7.51. The van der Waals surface area contributed by atoms with Crippen LogP contribution in [0.3, 0.4) is 0 Å². The molecule has 0 spiro atoms. The molecule has 0 fully saturated rings. The fourth-order valence-electron chi connectivity index (χ4n) is 1.54. The van der Waals surface area contributed by atoms with E-state index < -0.39 is 16.8 Å². The number of benzene rings is 1. The number of carboxylic acids is 1. The van der Waals surface area contributed by atoms with Crippen LogP contribution in [0.5, 0.6) is 5.75 Å². The van der Waals surface area contributed by atoms with Crippen molar-refractivity contribution in [2.24, 2.45) is 0 Å². The van der Waals surface area contributed by atoms with Gasteiger partial charge in [-0.1, -0.05) is 12.1 Å². The van der Waals surface area contributed by atoms with Gasteiger partial charge in [-0.05, 0) is 18.6 Å². The summed E-state index contributed by atoms with van der Waals surface area (Å²) in [5.74, 6) is -0.746. The van der Waals surface area contributed by atoms with Gasteiger partial charge in [0, 0.05) is 23.0 Å². The standard InChI is InChI=1S/C13H17NO5S/c1-19-11-6-3-2-5-10(11)14-12(15)9-20(18)8-4-7-13(16)17/h2-3,5-6H,4,7-9H2,1H3,(H,14,15)(H,16,17). The molecule has 2 N–H and O–H groups in total. The zero-order valence-corrected chi connectivity index (χ0v) is 11.9. The Bertz CT molecular complexity index is 503. The van der Waals surface area contributed by atoms with Crippen molar-refractivity contribution in [1.29, 1.82) is 0 Å². The molecular weight excluding hydrogens is 282 g/mol. The third kappa shape index (κ3) is 5.83. The summed E-state index contributed by atoms with van der Waals surface area (Å²) in [7, 11) is 0.130. The van der Waals surface area contributed by atoms with Crippen LogP contribution >= 0.6 is 0 Å². The fraction of sp³-hybridized carbons (Fsp3) is 0.385. The third-order valence-corrected chi connectivity index (χ3v) is 3.76. The minimum Gasteiger partial charge on any atom is -0.495 e. The van der Waals surface area contributed by atoms with Crippen molar-refractivity contribution in [3.63, 3.8) is 0 Å². The van der Waals surface area contributed by atoms with Gasteiger partial charge in [0.15, 0.2) is 0 Å². The Kier molecular flexibility index (Phi) is 6.72. The van der Waals surface area contributed by atoms with Gasteiger partial charge >= 0.3 is 5.97 Å². The number of aliphatic carboxylic acids is 1. The topological polar surface area (TPSA) is 92.7 Å². The van der Waals surface area contributed by atoms with Gasteiger partial charge < -0.3 is 15.2 Å². The molecule has 110 valence electrons. The zero-order chi connectivity index (χ0) is 15.0. The van der Waals surface area contributed by atoms with Gasteiger partial charge in [-0.25, -0.2) is 0 Å². The van der Waals surface area contributed by atoms with E-state index in [1.165, 1.54) is 7.11 Å². The van der Waals surface area contributed by atoms with Gasteiger partial charge in [-0.2, -0.15) is 0 Å². The highest BCUT2D eigenvalue weighted by Crippen LogP contribution is 2.22. The molecule has 0 aliphatic carbocycles. The van der Waals surface area contributed by atoms with Gasteiger partial charge in [-0.3, -0.25) is 13.8 Å². The predicted octanol–water partition coefficient (Wildman–Crippen LogP) is 1.25. The predicted molar refractivity (Wildman–Crippen MR) is 76.4 cm³/mol. The number of nitrogens with one attached hydrogen (secondary N) is 1. The number of hydrogen-bond acceptors (Lipinski definition) is 4. The molecule has 0 radical (unpaired) electrons. The number of carbonyl (C=O) groups is 2. The van der Waals surface area contributed by atoms with Crippen LogP contribution in [0.1, 0.15) is 12.8 Å². The summed E-state index contributed by atoms with van der Waals surface area (Å²) in [4.78, 5) is 22.0. The highest BCUT2D eigenvalue weighted by atomic mass is 32.2. The average Bonchev–Trinajstić information content (AvgIpc) is 2.38. The second-order valence-corrected chi connectivity index (χ2v) is 5.61. The molecule has 0 bridgehead atoms. The molecular formula is C13H17NO5S. The molecule has 7 heteroatoms. The summed E-state index contributed by atoms with van der Waals surface area (Å²) in [6.45, 7) is 0. The average molecular weight is 299 g/mol. The molecule has 0 aliphatic heterocycles. The molecule has 0 heterocycles. The van der Waals surface area contributed by atoms with E-state index in [4.69, 9.17) is 9.84 Å². The number of ether oxygens (including phenoxy) is 1. The minimum atomic E-state index is -1.36. The molecule has 20 heavy (non-hydrogen) atoms. The number of carboxylic acid groups (broad SMARTS) is 1. The molecule has 1 aromatic carbocycles. The SMILES string of the molecule is COc1ccccc1NC(=O)CS(=O)CCCC(=O)O. The van der Waals surface area contributed by atoms with Crippen molar-refractivity contribution in [3.05, 3.63) is 24.3 Å². The molecule has 0 saturated carbocycles. The van der Waals surface area contributed by atoms with E-state index in [-0.39, 0.29) is 23.8 Å². The van der Waals surface area contributed by atoms with E-state index in [0.717, 1.165) is 0 Å². The summed E-state index contributed by atoms with van der Waals surface area (Å²) < 4.78 is 16.7. The smallest absolute Gasteiger partial charge is 0.303 e. The van der Waals surface area contributed by atoms with E-state index >= 15 is 0 Å². The molecule has 0 aromatic heterocycles. The molecule has 0 saturated heterocycles. The van der Waals surface area contributed by atoms with Crippen molar-refractivity contribution >= 4 is 28.4 Å². The van der Waals surface area contributed by atoms with E-state index in [9.17, 15) is 13.8 Å². The second kappa shape index (κ2) is 8.31. The van der Waals surface area contributed by atoms with Gasteiger partial charge in [0.2, 0.25) is 5.91 Å². The van der Waals surface area contributed by atoms with Gasteiger partial charge in [0.05, 0.1) is 12.8 Å². The Labute approximate surface area is 119 Å². The lowest BCUT2D eigenvalue weighted by Crippen LogP contribution is -2.21. The van der Waals surface area contributed by atoms with Crippen molar-refractivity contribution < 1.29 is 23.6 Å². The monoisotopic (exact) mass is 299 g/mol. The van der Waals surface area contributed by atoms with Crippen LogP contribution in [0.2, 0.25) is 0 Å². The number of methoxy groups -OCH3 is 1. The molecule has 0 aliphatic rings. The quantitative estimate of drug-likeness (QED) is 0.753. The third-order valence-electron chi connectivity index (χ3n) is 2.44. The fourth-order valence-corrected chi connectivity index (χ4v) is 2.51. The molecule has 6 nitrogen and oxygen atoms in total. The number of rotatable bonds is 8. The van der Waals surface area contributed by atoms with Gasteiger partial charge in [0.1, 0.15) is 11.5 Å². The number of para-hydroxylation sites is 2. The van der Waals surface area contributed by atoms with Crippen LogP contribution in [-0.4, -0.2) is 39.8 Å². The highest BCUT2D eigenvalue weighted by molar-refractivity contribution is 7.85. The lowest BCUT2D eigenvalue weighted by Gasteiger charge is -2.09. The Balaban J connectivity index is 2.43. The number of hydrogen-bond donors (Lipinski definition) is 2. The first-order valence-electron chi connectivity index (χ1n) is 6.02.